The molecule has 18 heavy (non-hydrogen) atoms. The fraction of sp³-hybridized carbons (Fsp3) is 0.583. The zero-order valence-electron chi connectivity index (χ0n) is 11.3. The van der Waals surface area contributed by atoms with Gasteiger partial charge in [0.1, 0.15) is 18.1 Å². The molecule has 0 unspecified atom stereocenters. The second-order valence-electron chi connectivity index (χ2n) is 5.09. The van der Waals surface area contributed by atoms with Crippen molar-refractivity contribution >= 4 is 15.8 Å². The van der Waals surface area contributed by atoms with E-state index in [1.807, 2.05) is 0 Å². The molecule has 0 aromatic carbocycles. The highest BCUT2D eigenvalue weighted by molar-refractivity contribution is 7.93. The van der Waals surface area contributed by atoms with Crippen molar-refractivity contribution in [1.29, 1.82) is 0 Å². The summed E-state index contributed by atoms with van der Waals surface area (Å²) in [5.74, 6) is -0.320. The van der Waals surface area contributed by atoms with E-state index in [4.69, 9.17) is 4.74 Å². The molecule has 1 atom stereocenters. The lowest BCUT2D eigenvalue weighted by atomic mass is 10.1. The van der Waals surface area contributed by atoms with Gasteiger partial charge in [0.15, 0.2) is 9.84 Å². The first kappa shape index (κ1) is 16.9. The van der Waals surface area contributed by atoms with Gasteiger partial charge in [0, 0.05) is 11.7 Å². The smallest absolute Gasteiger partial charge is 0.312 e. The zero-order valence-corrected chi connectivity index (χ0v) is 12.2. The van der Waals surface area contributed by atoms with Crippen LogP contribution in [0.4, 0.5) is 0 Å². The lowest BCUT2D eigenvalue weighted by Gasteiger charge is -2.19. The molecule has 0 amide bonds. The number of quaternary nitrogens is 1. The molecule has 0 bridgehead atoms. The molecule has 0 aromatic rings. The molecule has 0 heterocycles. The summed E-state index contributed by atoms with van der Waals surface area (Å²) in [4.78, 5) is 11.5. The number of hydrogen-bond donors (Lipinski definition) is 1. The van der Waals surface area contributed by atoms with Gasteiger partial charge < -0.3 is 10.5 Å². The summed E-state index contributed by atoms with van der Waals surface area (Å²) in [5.41, 5.74) is 3.27. The molecule has 0 aliphatic rings. The summed E-state index contributed by atoms with van der Waals surface area (Å²) in [6, 6.07) is -0.246. The number of ether oxygens (including phenoxy) is 1. The average molecular weight is 276 g/mol. The molecule has 0 spiro atoms. The van der Waals surface area contributed by atoms with Crippen molar-refractivity contribution < 1.29 is 23.7 Å². The van der Waals surface area contributed by atoms with E-state index in [1.165, 1.54) is 6.08 Å². The van der Waals surface area contributed by atoms with Crippen LogP contribution < -0.4 is 5.73 Å². The van der Waals surface area contributed by atoms with E-state index in [0.29, 0.717) is 0 Å². The number of sulfone groups is 1. The Balaban J connectivity index is 4.20. The highest BCUT2D eigenvalue weighted by atomic mass is 32.2. The van der Waals surface area contributed by atoms with Crippen molar-refractivity contribution in [3.63, 3.8) is 0 Å². The first-order valence-electron chi connectivity index (χ1n) is 5.59. The summed E-state index contributed by atoms with van der Waals surface area (Å²) in [7, 11) is -3.11. The van der Waals surface area contributed by atoms with Crippen molar-refractivity contribution in [2.24, 2.45) is 0 Å². The van der Waals surface area contributed by atoms with Crippen molar-refractivity contribution in [3.05, 3.63) is 23.6 Å². The Morgan fingerprint density at radius 1 is 1.33 bits per heavy atom. The van der Waals surface area contributed by atoms with Gasteiger partial charge in [0.05, 0.1) is 0 Å². The second-order valence-corrected chi connectivity index (χ2v) is 7.02. The van der Waals surface area contributed by atoms with Gasteiger partial charge in [-0.3, -0.25) is 4.79 Å². The quantitative estimate of drug-likeness (QED) is 0.583. The third kappa shape index (κ3) is 11.3. The summed E-state index contributed by atoms with van der Waals surface area (Å²) >= 11 is 0. The zero-order chi connectivity index (χ0) is 14.4. The normalized spacial score (nSPS) is 15.2. The largest absolute Gasteiger partial charge is 0.460 e. The molecule has 0 aliphatic heterocycles. The van der Waals surface area contributed by atoms with Gasteiger partial charge in [0.25, 0.3) is 0 Å². The summed E-state index contributed by atoms with van der Waals surface area (Å²) in [5, 5.41) is 1.09. The maximum atomic E-state index is 11.5. The van der Waals surface area contributed by atoms with Crippen molar-refractivity contribution in [2.75, 3.05) is 6.26 Å². The van der Waals surface area contributed by atoms with Crippen molar-refractivity contribution in [3.8, 4) is 0 Å². The van der Waals surface area contributed by atoms with E-state index >= 15 is 0 Å². The predicted octanol–water partition coefficient (Wildman–Crippen LogP) is 0.443. The van der Waals surface area contributed by atoms with E-state index in [0.717, 1.165) is 11.7 Å². The van der Waals surface area contributed by atoms with Crippen LogP contribution in [0.5, 0.6) is 0 Å². The predicted molar refractivity (Wildman–Crippen MR) is 70.3 cm³/mol. The Morgan fingerprint density at radius 3 is 2.33 bits per heavy atom. The number of allylic oxidation sites excluding steroid dienone is 2. The number of esters is 1. The molecule has 0 rings (SSSR count). The average Bonchev–Trinajstić information content (AvgIpc) is 2.07. The minimum absolute atomic E-state index is 0.167. The number of carbonyl (C=O) groups excluding carboxylic acids is 1. The summed E-state index contributed by atoms with van der Waals surface area (Å²) in [6.45, 7) is 5.40. The number of rotatable bonds is 5. The molecule has 0 fully saturated rings. The van der Waals surface area contributed by atoms with Crippen LogP contribution in [0.2, 0.25) is 0 Å². The lowest BCUT2D eigenvalue weighted by molar-refractivity contribution is -0.402. The van der Waals surface area contributed by atoms with Crippen LogP contribution in [-0.4, -0.2) is 32.3 Å². The maximum absolute atomic E-state index is 11.5. The van der Waals surface area contributed by atoms with Gasteiger partial charge in [-0.15, -0.1) is 0 Å². The fourth-order valence-electron chi connectivity index (χ4n) is 1.07. The topological polar surface area (TPSA) is 88.1 Å². The Bertz CT molecular complexity index is 429. The van der Waals surface area contributed by atoms with E-state index in [-0.39, 0.29) is 18.4 Å². The molecule has 0 saturated carbocycles. The lowest BCUT2D eigenvalue weighted by Crippen LogP contribution is -2.60. The first-order valence-corrected chi connectivity index (χ1v) is 7.55. The van der Waals surface area contributed by atoms with Crippen LogP contribution in [0.25, 0.3) is 0 Å². The Kier molecular flexibility index (Phi) is 6.28. The van der Waals surface area contributed by atoms with Crippen LogP contribution >= 0.6 is 0 Å². The number of carbonyl (C=O) groups is 1. The Morgan fingerprint density at radius 2 is 1.89 bits per heavy atom. The van der Waals surface area contributed by atoms with Gasteiger partial charge >= 0.3 is 5.97 Å². The van der Waals surface area contributed by atoms with Crippen LogP contribution in [0, 0.1) is 0 Å². The first-order chi connectivity index (χ1) is 7.99. The molecule has 104 valence electrons. The standard InChI is InChI=1S/C12H21NO4S/c1-12(2,3)17-11(14)9-10(13)7-5-6-8-18(4,15)16/h5-8,10H,9,13H2,1-4H3/p+1/b7-5+,8-6+/t10-/m1/s1. The molecule has 0 aliphatic carbocycles. The van der Waals surface area contributed by atoms with E-state index in [9.17, 15) is 13.2 Å². The highest BCUT2D eigenvalue weighted by Gasteiger charge is 2.18. The van der Waals surface area contributed by atoms with Gasteiger partial charge in [-0.25, -0.2) is 8.42 Å². The van der Waals surface area contributed by atoms with Crippen LogP contribution in [0.3, 0.4) is 0 Å². The third-order valence-electron chi connectivity index (χ3n) is 1.67. The Labute approximate surface area is 109 Å². The SMILES string of the molecule is CC(C)(C)OC(=O)C[C@H]([NH3+])/C=C/C=C/S(C)(=O)=O. The van der Waals surface area contributed by atoms with Gasteiger partial charge in [-0.2, -0.15) is 0 Å². The van der Waals surface area contributed by atoms with E-state index < -0.39 is 15.4 Å². The van der Waals surface area contributed by atoms with Crippen molar-refractivity contribution in [2.45, 2.75) is 38.8 Å². The van der Waals surface area contributed by atoms with Gasteiger partial charge in [0.2, 0.25) is 0 Å². The molecule has 0 radical (unpaired) electrons. The molecule has 0 saturated heterocycles. The summed E-state index contributed by atoms with van der Waals surface area (Å²) in [6.07, 6.45) is 5.90. The monoisotopic (exact) mass is 276 g/mol. The van der Waals surface area contributed by atoms with Crippen LogP contribution in [-0.2, 0) is 19.4 Å². The van der Waals surface area contributed by atoms with E-state index in [2.05, 4.69) is 5.73 Å². The summed E-state index contributed by atoms with van der Waals surface area (Å²) < 4.78 is 26.7. The van der Waals surface area contributed by atoms with Gasteiger partial charge in [-0.05, 0) is 26.8 Å². The second kappa shape index (κ2) is 6.70. The minimum atomic E-state index is -3.11. The van der Waals surface area contributed by atoms with Gasteiger partial charge in [-0.1, -0.05) is 12.2 Å². The van der Waals surface area contributed by atoms with Crippen molar-refractivity contribution in [1.82, 2.24) is 0 Å². The van der Waals surface area contributed by atoms with Crippen LogP contribution in [0.15, 0.2) is 23.6 Å². The molecule has 5 nitrogen and oxygen atoms in total. The molecule has 0 aromatic heterocycles. The fourth-order valence-corrected chi connectivity index (χ4v) is 1.45. The molecular weight excluding hydrogens is 254 g/mol. The van der Waals surface area contributed by atoms with Crippen LogP contribution in [0.1, 0.15) is 27.2 Å². The minimum Gasteiger partial charge on any atom is -0.460 e. The highest BCUT2D eigenvalue weighted by Crippen LogP contribution is 2.08. The maximum Gasteiger partial charge on any atom is 0.312 e. The Hall–Kier alpha value is -1.14. The molecule has 6 heteroatoms. The molecule has 3 N–H and O–H groups in total. The van der Waals surface area contributed by atoms with E-state index in [1.54, 1.807) is 32.9 Å². The molecular formula is C12H22NO4S+. The number of hydrogen-bond acceptors (Lipinski definition) is 4. The third-order valence-corrected chi connectivity index (χ3v) is 2.32.